The van der Waals surface area contributed by atoms with Crippen LogP contribution < -0.4 is 4.74 Å². The smallest absolute Gasteiger partial charge is 0.122 e. The molecule has 72 valence electrons. The summed E-state index contributed by atoms with van der Waals surface area (Å²) in [4.78, 5) is 0. The van der Waals surface area contributed by atoms with Crippen LogP contribution in [-0.2, 0) is 6.42 Å². The van der Waals surface area contributed by atoms with Crippen LogP contribution in [-0.4, -0.2) is 11.5 Å². The van der Waals surface area contributed by atoms with Crippen LogP contribution in [0.3, 0.4) is 0 Å². The molecule has 0 fully saturated rings. The molecule has 2 heteroatoms. The van der Waals surface area contributed by atoms with Gasteiger partial charge in [-0.2, -0.15) is 0 Å². The van der Waals surface area contributed by atoms with Gasteiger partial charge in [0.05, 0.1) is 7.11 Å². The summed E-state index contributed by atoms with van der Waals surface area (Å²) in [5.74, 6) is 1.02. The van der Waals surface area contributed by atoms with Crippen molar-refractivity contribution in [3.63, 3.8) is 0 Å². The third-order valence-electron chi connectivity index (χ3n) is 2.02. The zero-order chi connectivity index (χ0) is 9.52. The summed E-state index contributed by atoms with van der Waals surface area (Å²) >= 11 is 2.42. The highest BCUT2D eigenvalue weighted by atomic mass is 127. The SMILES string of the molecule is COc1ccccc1CCCCI. The maximum atomic E-state index is 5.27. The van der Waals surface area contributed by atoms with Crippen LogP contribution in [0.2, 0.25) is 0 Å². The molecule has 0 saturated carbocycles. The Bertz CT molecular complexity index is 248. The van der Waals surface area contributed by atoms with Crippen molar-refractivity contribution >= 4 is 22.6 Å². The van der Waals surface area contributed by atoms with E-state index >= 15 is 0 Å². The van der Waals surface area contributed by atoms with Gasteiger partial charge in [0.2, 0.25) is 0 Å². The van der Waals surface area contributed by atoms with Crippen LogP contribution in [0, 0.1) is 0 Å². The van der Waals surface area contributed by atoms with Gasteiger partial charge in [-0.1, -0.05) is 40.8 Å². The van der Waals surface area contributed by atoms with E-state index in [0.717, 1.165) is 12.2 Å². The second-order valence-corrected chi connectivity index (χ2v) is 4.04. The molecule has 1 nitrogen and oxygen atoms in total. The fraction of sp³-hybridized carbons (Fsp3) is 0.455. The van der Waals surface area contributed by atoms with Crippen LogP contribution in [0.4, 0.5) is 0 Å². The summed E-state index contributed by atoms with van der Waals surface area (Å²) in [6, 6.07) is 8.26. The molecule has 0 unspecified atom stereocenters. The average Bonchev–Trinajstić information content (AvgIpc) is 2.19. The summed E-state index contributed by atoms with van der Waals surface area (Å²) < 4.78 is 6.52. The fourth-order valence-corrected chi connectivity index (χ4v) is 1.86. The normalized spacial score (nSPS) is 10.0. The first-order valence-corrected chi connectivity index (χ1v) is 6.09. The number of para-hydroxylation sites is 1. The van der Waals surface area contributed by atoms with Crippen LogP contribution in [0.5, 0.6) is 5.75 Å². The molecule has 0 radical (unpaired) electrons. The highest BCUT2D eigenvalue weighted by Gasteiger charge is 1.99. The predicted molar refractivity (Wildman–Crippen MR) is 64.8 cm³/mol. The fourth-order valence-electron chi connectivity index (χ4n) is 1.32. The lowest BCUT2D eigenvalue weighted by Gasteiger charge is -2.06. The lowest BCUT2D eigenvalue weighted by Crippen LogP contribution is -1.92. The Hall–Kier alpha value is -0.250. The van der Waals surface area contributed by atoms with E-state index in [9.17, 15) is 0 Å². The largest absolute Gasteiger partial charge is 0.496 e. The van der Waals surface area contributed by atoms with Crippen molar-refractivity contribution < 1.29 is 4.74 Å². The van der Waals surface area contributed by atoms with E-state index in [1.54, 1.807) is 7.11 Å². The van der Waals surface area contributed by atoms with Gasteiger partial charge in [0.1, 0.15) is 5.75 Å². The number of ether oxygens (including phenoxy) is 1. The molecule has 0 bridgehead atoms. The van der Waals surface area contributed by atoms with Crippen molar-refractivity contribution in [2.24, 2.45) is 0 Å². The molecule has 0 aliphatic carbocycles. The van der Waals surface area contributed by atoms with Crippen molar-refractivity contribution in [3.05, 3.63) is 29.8 Å². The summed E-state index contributed by atoms with van der Waals surface area (Å²) in [6.07, 6.45) is 3.68. The monoisotopic (exact) mass is 290 g/mol. The van der Waals surface area contributed by atoms with Crippen molar-refractivity contribution in [2.45, 2.75) is 19.3 Å². The molecule has 0 aliphatic rings. The van der Waals surface area contributed by atoms with Gasteiger partial charge in [-0.15, -0.1) is 0 Å². The van der Waals surface area contributed by atoms with E-state index < -0.39 is 0 Å². The van der Waals surface area contributed by atoms with Gasteiger partial charge in [-0.3, -0.25) is 0 Å². The van der Waals surface area contributed by atoms with E-state index in [4.69, 9.17) is 4.74 Å². The molecule has 1 aromatic carbocycles. The number of methoxy groups -OCH3 is 1. The van der Waals surface area contributed by atoms with E-state index in [0.29, 0.717) is 0 Å². The number of aryl methyl sites for hydroxylation is 1. The first kappa shape index (κ1) is 10.8. The molecule has 0 spiro atoms. The molecule has 0 aromatic heterocycles. The molecule has 1 aromatic rings. The Morgan fingerprint density at radius 1 is 1.23 bits per heavy atom. The molecule has 0 heterocycles. The summed E-state index contributed by atoms with van der Waals surface area (Å²) in [6.45, 7) is 0. The van der Waals surface area contributed by atoms with Gasteiger partial charge >= 0.3 is 0 Å². The predicted octanol–water partition coefficient (Wildman–Crippen LogP) is 3.45. The Kier molecular flexibility index (Phi) is 5.20. The standard InChI is InChI=1S/C11H15IO/c1-13-11-8-3-2-6-10(11)7-4-5-9-12/h2-3,6,8H,4-5,7,9H2,1H3. The number of hydrogen-bond donors (Lipinski definition) is 0. The molecular formula is C11H15IO. The summed E-state index contributed by atoms with van der Waals surface area (Å²) in [5, 5.41) is 0. The maximum Gasteiger partial charge on any atom is 0.122 e. The summed E-state index contributed by atoms with van der Waals surface area (Å²) in [7, 11) is 1.73. The van der Waals surface area contributed by atoms with Crippen molar-refractivity contribution in [1.82, 2.24) is 0 Å². The van der Waals surface area contributed by atoms with Crippen LogP contribution in [0.1, 0.15) is 18.4 Å². The second-order valence-electron chi connectivity index (χ2n) is 2.96. The number of rotatable bonds is 5. The number of halogens is 1. The highest BCUT2D eigenvalue weighted by molar-refractivity contribution is 14.1. The van der Waals surface area contributed by atoms with E-state index in [1.165, 1.54) is 22.8 Å². The van der Waals surface area contributed by atoms with Crippen LogP contribution >= 0.6 is 22.6 Å². The Balaban J connectivity index is 2.54. The van der Waals surface area contributed by atoms with E-state index in [2.05, 4.69) is 34.7 Å². The van der Waals surface area contributed by atoms with Crippen molar-refractivity contribution in [2.75, 3.05) is 11.5 Å². The lowest BCUT2D eigenvalue weighted by atomic mass is 10.1. The zero-order valence-electron chi connectivity index (χ0n) is 7.92. The number of benzene rings is 1. The topological polar surface area (TPSA) is 9.23 Å². The molecule has 0 N–H and O–H groups in total. The number of alkyl halides is 1. The molecular weight excluding hydrogens is 275 g/mol. The van der Waals surface area contributed by atoms with Crippen molar-refractivity contribution in [1.29, 1.82) is 0 Å². The highest BCUT2D eigenvalue weighted by Crippen LogP contribution is 2.19. The number of hydrogen-bond acceptors (Lipinski definition) is 1. The zero-order valence-corrected chi connectivity index (χ0v) is 10.1. The van der Waals surface area contributed by atoms with Crippen LogP contribution in [0.15, 0.2) is 24.3 Å². The molecule has 13 heavy (non-hydrogen) atoms. The van der Waals surface area contributed by atoms with Gasteiger partial charge < -0.3 is 4.74 Å². The first-order chi connectivity index (χ1) is 6.38. The van der Waals surface area contributed by atoms with Crippen molar-refractivity contribution in [3.8, 4) is 5.75 Å². The molecule has 0 saturated heterocycles. The Labute approximate surface area is 93.6 Å². The molecule has 0 aliphatic heterocycles. The molecule has 1 rings (SSSR count). The Morgan fingerprint density at radius 2 is 2.00 bits per heavy atom. The second kappa shape index (κ2) is 6.24. The molecule has 0 atom stereocenters. The Morgan fingerprint density at radius 3 is 2.69 bits per heavy atom. The van der Waals surface area contributed by atoms with Crippen LogP contribution in [0.25, 0.3) is 0 Å². The minimum atomic E-state index is 1.02. The maximum absolute atomic E-state index is 5.27. The molecule has 0 amide bonds. The lowest BCUT2D eigenvalue weighted by molar-refractivity contribution is 0.409. The minimum absolute atomic E-state index is 1.02. The van der Waals surface area contributed by atoms with Gasteiger partial charge in [0.15, 0.2) is 0 Å². The van der Waals surface area contributed by atoms with Gasteiger partial charge in [0.25, 0.3) is 0 Å². The van der Waals surface area contributed by atoms with E-state index in [1.807, 2.05) is 12.1 Å². The quantitative estimate of drug-likeness (QED) is 0.458. The van der Waals surface area contributed by atoms with Gasteiger partial charge in [-0.25, -0.2) is 0 Å². The van der Waals surface area contributed by atoms with Gasteiger partial charge in [0, 0.05) is 0 Å². The minimum Gasteiger partial charge on any atom is -0.496 e. The van der Waals surface area contributed by atoms with Gasteiger partial charge in [-0.05, 0) is 35.3 Å². The summed E-state index contributed by atoms with van der Waals surface area (Å²) in [5.41, 5.74) is 1.33. The van der Waals surface area contributed by atoms with E-state index in [-0.39, 0.29) is 0 Å². The third-order valence-corrected chi connectivity index (χ3v) is 2.79. The average molecular weight is 290 g/mol. The first-order valence-electron chi connectivity index (χ1n) is 4.56. The third kappa shape index (κ3) is 3.55. The number of unbranched alkanes of at least 4 members (excludes halogenated alkanes) is 1.